The highest BCUT2D eigenvalue weighted by Gasteiger charge is 2.19. The number of likely N-dealkylation sites (N-methyl/N-ethyl adjacent to an activating group) is 1. The zero-order chi connectivity index (χ0) is 10.4. The summed E-state index contributed by atoms with van der Waals surface area (Å²) in [6.07, 6.45) is 1.86. The Bertz CT molecular complexity index is 197. The minimum absolute atomic E-state index is 0.0141. The van der Waals surface area contributed by atoms with E-state index in [1.807, 2.05) is 20.1 Å². The van der Waals surface area contributed by atoms with Crippen LogP contribution in [0.2, 0.25) is 0 Å². The monoisotopic (exact) mass is 204 g/mol. The Labute approximate surface area is 82.8 Å². The zero-order valence-electron chi connectivity index (χ0n) is 8.24. The van der Waals surface area contributed by atoms with Crippen molar-refractivity contribution >= 4 is 23.6 Å². The molecule has 2 N–H and O–H groups in total. The van der Waals surface area contributed by atoms with Gasteiger partial charge in [0.25, 0.3) is 0 Å². The third-order valence-electron chi connectivity index (χ3n) is 1.74. The fourth-order valence-corrected chi connectivity index (χ4v) is 1.24. The van der Waals surface area contributed by atoms with Gasteiger partial charge in [-0.05, 0) is 20.1 Å². The molecule has 0 saturated heterocycles. The Morgan fingerprint density at radius 1 is 1.54 bits per heavy atom. The predicted molar refractivity (Wildman–Crippen MR) is 54.4 cm³/mol. The number of rotatable bonds is 5. The minimum Gasteiger partial charge on any atom is -0.368 e. The molecule has 2 amide bonds. The maximum Gasteiger partial charge on any atom is 0.237 e. The van der Waals surface area contributed by atoms with Crippen LogP contribution in [0.3, 0.4) is 0 Å². The number of nitrogens with zero attached hydrogens (tertiary/aromatic N) is 1. The van der Waals surface area contributed by atoms with Crippen molar-refractivity contribution in [2.24, 2.45) is 5.73 Å². The van der Waals surface area contributed by atoms with E-state index in [2.05, 4.69) is 0 Å². The van der Waals surface area contributed by atoms with E-state index in [4.69, 9.17) is 5.73 Å². The number of hydrogen-bond donors (Lipinski definition) is 1. The number of hydrogen-bond acceptors (Lipinski definition) is 3. The third kappa shape index (κ3) is 4.17. The number of primary amides is 1. The van der Waals surface area contributed by atoms with Gasteiger partial charge < -0.3 is 10.6 Å². The molecule has 0 aromatic rings. The second kappa shape index (κ2) is 5.85. The molecule has 0 aliphatic heterocycles. The molecule has 76 valence electrons. The van der Waals surface area contributed by atoms with Gasteiger partial charge in [0.2, 0.25) is 11.8 Å². The van der Waals surface area contributed by atoms with Gasteiger partial charge in [0, 0.05) is 6.54 Å². The van der Waals surface area contributed by atoms with Gasteiger partial charge in [-0.3, -0.25) is 9.59 Å². The third-order valence-corrected chi connectivity index (χ3v) is 2.65. The van der Waals surface area contributed by atoms with Crippen LogP contribution in [0.15, 0.2) is 0 Å². The van der Waals surface area contributed by atoms with Gasteiger partial charge in [-0.25, -0.2) is 0 Å². The smallest absolute Gasteiger partial charge is 0.237 e. The van der Waals surface area contributed by atoms with Crippen molar-refractivity contribution in [1.82, 2.24) is 4.90 Å². The van der Waals surface area contributed by atoms with Crippen molar-refractivity contribution in [3.63, 3.8) is 0 Å². The fourth-order valence-electron chi connectivity index (χ4n) is 0.892. The van der Waals surface area contributed by atoms with Crippen molar-refractivity contribution in [3.05, 3.63) is 0 Å². The number of nitrogens with two attached hydrogens (primary N) is 1. The van der Waals surface area contributed by atoms with Crippen molar-refractivity contribution in [2.45, 2.75) is 19.1 Å². The fraction of sp³-hybridized carbons (Fsp3) is 0.750. The summed E-state index contributed by atoms with van der Waals surface area (Å²) in [7, 11) is 0. The van der Waals surface area contributed by atoms with E-state index in [1.165, 1.54) is 16.7 Å². The quantitative estimate of drug-likeness (QED) is 0.689. The summed E-state index contributed by atoms with van der Waals surface area (Å²) in [4.78, 5) is 23.6. The molecule has 0 spiro atoms. The van der Waals surface area contributed by atoms with Gasteiger partial charge in [-0.1, -0.05) is 0 Å². The number of amides is 2. The van der Waals surface area contributed by atoms with Crippen molar-refractivity contribution in [1.29, 1.82) is 0 Å². The van der Waals surface area contributed by atoms with Gasteiger partial charge in [0.15, 0.2) is 0 Å². The second-order valence-corrected chi connectivity index (χ2v) is 3.88. The highest BCUT2D eigenvalue weighted by molar-refractivity contribution is 7.99. The Kier molecular flexibility index (Phi) is 5.53. The molecule has 13 heavy (non-hydrogen) atoms. The maximum absolute atomic E-state index is 11.5. The number of carbonyl (C=O) groups excluding carboxylic acids is 2. The first-order chi connectivity index (χ1) is 6.02. The molecule has 0 saturated carbocycles. The highest BCUT2D eigenvalue weighted by atomic mass is 32.2. The molecule has 0 fully saturated rings. The van der Waals surface area contributed by atoms with E-state index in [0.717, 1.165) is 0 Å². The summed E-state index contributed by atoms with van der Waals surface area (Å²) < 4.78 is 0. The molecule has 0 radical (unpaired) electrons. The highest BCUT2D eigenvalue weighted by Crippen LogP contribution is 2.08. The van der Waals surface area contributed by atoms with E-state index in [1.54, 1.807) is 0 Å². The average molecular weight is 204 g/mol. The van der Waals surface area contributed by atoms with Crippen molar-refractivity contribution in [3.8, 4) is 0 Å². The molecule has 0 aliphatic rings. The van der Waals surface area contributed by atoms with Crippen LogP contribution in [0.1, 0.15) is 13.8 Å². The van der Waals surface area contributed by atoms with Gasteiger partial charge >= 0.3 is 0 Å². The summed E-state index contributed by atoms with van der Waals surface area (Å²) in [5, 5.41) is -0.112. The molecule has 0 rings (SSSR count). The summed E-state index contributed by atoms with van der Waals surface area (Å²) in [6.45, 7) is 4.18. The second-order valence-electron chi connectivity index (χ2n) is 2.70. The Hall–Kier alpha value is -0.710. The first-order valence-corrected chi connectivity index (χ1v) is 5.41. The minimum atomic E-state index is -0.469. The normalized spacial score (nSPS) is 12.2. The molecule has 5 heteroatoms. The van der Waals surface area contributed by atoms with Gasteiger partial charge in [0.1, 0.15) is 0 Å². The lowest BCUT2D eigenvalue weighted by molar-refractivity contribution is -0.134. The lowest BCUT2D eigenvalue weighted by atomic mass is 10.3. The van der Waals surface area contributed by atoms with Crippen LogP contribution in [-0.4, -0.2) is 41.3 Å². The van der Waals surface area contributed by atoms with Crippen LogP contribution in [0.5, 0.6) is 0 Å². The maximum atomic E-state index is 11.5. The van der Waals surface area contributed by atoms with E-state index in [0.29, 0.717) is 6.54 Å². The number of thioether (sulfide) groups is 1. The SMILES string of the molecule is CCN(CC(N)=O)C(=O)C(C)SC. The van der Waals surface area contributed by atoms with Crippen LogP contribution >= 0.6 is 11.8 Å². The van der Waals surface area contributed by atoms with E-state index < -0.39 is 5.91 Å². The Morgan fingerprint density at radius 3 is 2.38 bits per heavy atom. The van der Waals surface area contributed by atoms with Crippen LogP contribution in [-0.2, 0) is 9.59 Å². The molecular formula is C8H16N2O2S. The predicted octanol–water partition coefficient (Wildman–Crippen LogP) is 0.0717. The largest absolute Gasteiger partial charge is 0.368 e. The molecule has 1 unspecified atom stereocenters. The molecule has 0 bridgehead atoms. The van der Waals surface area contributed by atoms with E-state index in [-0.39, 0.29) is 17.7 Å². The summed E-state index contributed by atoms with van der Waals surface area (Å²) in [5.74, 6) is -0.502. The molecule has 1 atom stereocenters. The number of carbonyl (C=O) groups is 2. The summed E-state index contributed by atoms with van der Waals surface area (Å²) in [6, 6.07) is 0. The lowest BCUT2D eigenvalue weighted by Gasteiger charge is -2.21. The first kappa shape index (κ1) is 12.3. The molecule has 0 heterocycles. The topological polar surface area (TPSA) is 63.4 Å². The van der Waals surface area contributed by atoms with Crippen molar-refractivity contribution in [2.75, 3.05) is 19.3 Å². The van der Waals surface area contributed by atoms with Gasteiger partial charge in [-0.2, -0.15) is 11.8 Å². The Balaban J connectivity index is 4.22. The summed E-state index contributed by atoms with van der Waals surface area (Å²) in [5.41, 5.74) is 5.01. The lowest BCUT2D eigenvalue weighted by Crippen LogP contribution is -2.41. The zero-order valence-corrected chi connectivity index (χ0v) is 9.06. The first-order valence-electron chi connectivity index (χ1n) is 4.12. The van der Waals surface area contributed by atoms with E-state index in [9.17, 15) is 9.59 Å². The van der Waals surface area contributed by atoms with Crippen molar-refractivity contribution < 1.29 is 9.59 Å². The Morgan fingerprint density at radius 2 is 2.08 bits per heavy atom. The molecule has 0 aromatic heterocycles. The van der Waals surface area contributed by atoms with E-state index >= 15 is 0 Å². The van der Waals surface area contributed by atoms with Crippen LogP contribution in [0.25, 0.3) is 0 Å². The molecular weight excluding hydrogens is 188 g/mol. The van der Waals surface area contributed by atoms with Crippen LogP contribution in [0.4, 0.5) is 0 Å². The van der Waals surface area contributed by atoms with Gasteiger partial charge in [0.05, 0.1) is 11.8 Å². The molecule has 0 aromatic carbocycles. The van der Waals surface area contributed by atoms with Crippen LogP contribution in [0, 0.1) is 0 Å². The van der Waals surface area contributed by atoms with Gasteiger partial charge in [-0.15, -0.1) is 0 Å². The molecule has 0 aliphatic carbocycles. The summed E-state index contributed by atoms with van der Waals surface area (Å²) >= 11 is 1.46. The van der Waals surface area contributed by atoms with Crippen LogP contribution < -0.4 is 5.73 Å². The average Bonchev–Trinajstić information content (AvgIpc) is 2.11. The standard InChI is InChI=1S/C8H16N2O2S/c1-4-10(5-7(9)11)8(12)6(2)13-3/h6H,4-5H2,1-3H3,(H2,9,11). The molecule has 4 nitrogen and oxygen atoms in total.